The molecular weight excluding hydrogens is 270 g/mol. The summed E-state index contributed by atoms with van der Waals surface area (Å²) in [6, 6.07) is 7.10. The summed E-state index contributed by atoms with van der Waals surface area (Å²) in [4.78, 5) is 25.3. The highest BCUT2D eigenvalue weighted by Crippen LogP contribution is 2.33. The molecule has 0 fully saturated rings. The molecule has 0 saturated carbocycles. The van der Waals surface area contributed by atoms with Crippen LogP contribution < -0.4 is 9.64 Å². The Kier molecular flexibility index (Phi) is 5.35. The summed E-state index contributed by atoms with van der Waals surface area (Å²) in [7, 11) is 3.20. The first-order valence-electron chi connectivity index (χ1n) is 6.86. The number of carbonyl (C=O) groups excluding carboxylic acids is 1. The van der Waals surface area contributed by atoms with Gasteiger partial charge in [-0.15, -0.1) is 0 Å². The maximum Gasteiger partial charge on any atom is 0.310 e. The maximum atomic E-state index is 12.4. The molecule has 0 saturated heterocycles. The van der Waals surface area contributed by atoms with Gasteiger partial charge < -0.3 is 14.7 Å². The Morgan fingerprint density at radius 1 is 1.38 bits per heavy atom. The Hall–Kier alpha value is -2.04. The Balaban J connectivity index is 2.94. The van der Waals surface area contributed by atoms with Crippen LogP contribution in [0.3, 0.4) is 0 Å². The van der Waals surface area contributed by atoms with E-state index in [0.29, 0.717) is 11.4 Å². The van der Waals surface area contributed by atoms with Gasteiger partial charge in [0.15, 0.2) is 0 Å². The van der Waals surface area contributed by atoms with Crippen LogP contribution in [0.15, 0.2) is 24.3 Å². The van der Waals surface area contributed by atoms with E-state index in [1.165, 1.54) is 4.90 Å². The number of carboxylic acids is 1. The van der Waals surface area contributed by atoms with Crippen molar-refractivity contribution in [1.82, 2.24) is 0 Å². The molecule has 21 heavy (non-hydrogen) atoms. The van der Waals surface area contributed by atoms with Crippen molar-refractivity contribution in [2.45, 2.75) is 27.2 Å². The van der Waals surface area contributed by atoms with Crippen molar-refractivity contribution in [1.29, 1.82) is 0 Å². The molecule has 0 aliphatic carbocycles. The average Bonchev–Trinajstić information content (AvgIpc) is 2.45. The van der Waals surface area contributed by atoms with Gasteiger partial charge in [0.25, 0.3) is 0 Å². The van der Waals surface area contributed by atoms with E-state index in [0.717, 1.165) is 0 Å². The van der Waals surface area contributed by atoms with Crippen molar-refractivity contribution in [3.8, 4) is 5.75 Å². The number of anilines is 1. The van der Waals surface area contributed by atoms with E-state index in [-0.39, 0.29) is 18.2 Å². The van der Waals surface area contributed by atoms with E-state index in [1.54, 1.807) is 45.3 Å². The molecule has 0 spiro atoms. The summed E-state index contributed by atoms with van der Waals surface area (Å²) in [6.45, 7) is 5.23. The lowest BCUT2D eigenvalue weighted by Crippen LogP contribution is -2.39. The van der Waals surface area contributed by atoms with Gasteiger partial charge in [0.05, 0.1) is 12.5 Å². The highest BCUT2D eigenvalue weighted by atomic mass is 16.5. The monoisotopic (exact) mass is 293 g/mol. The number of hydrogen-bond acceptors (Lipinski definition) is 3. The minimum absolute atomic E-state index is 0.0479. The number of carbonyl (C=O) groups is 2. The molecule has 1 aromatic carbocycles. The van der Waals surface area contributed by atoms with E-state index in [9.17, 15) is 14.7 Å². The maximum absolute atomic E-state index is 12.4. The number of nitrogens with zero attached hydrogens (tertiary/aromatic N) is 1. The summed E-state index contributed by atoms with van der Waals surface area (Å²) in [5.41, 5.74) is -0.402. The Labute approximate surface area is 125 Å². The first-order valence-corrected chi connectivity index (χ1v) is 6.86. The second kappa shape index (κ2) is 6.61. The number of methoxy groups -OCH3 is 1. The number of rotatable bonds is 6. The van der Waals surface area contributed by atoms with Crippen molar-refractivity contribution < 1.29 is 19.4 Å². The largest absolute Gasteiger partial charge is 0.497 e. The van der Waals surface area contributed by atoms with E-state index in [2.05, 4.69) is 0 Å². The molecule has 1 unspecified atom stereocenters. The number of ether oxygens (including phenoxy) is 1. The van der Waals surface area contributed by atoms with Gasteiger partial charge in [-0.05, 0) is 25.0 Å². The summed E-state index contributed by atoms with van der Waals surface area (Å²) in [5.74, 6) is -0.679. The molecule has 0 heterocycles. The van der Waals surface area contributed by atoms with Gasteiger partial charge in [0.2, 0.25) is 5.91 Å². The van der Waals surface area contributed by atoms with E-state index >= 15 is 0 Å². The second-order valence-corrected chi connectivity index (χ2v) is 5.71. The van der Waals surface area contributed by atoms with Crippen molar-refractivity contribution >= 4 is 17.6 Å². The third-order valence-electron chi connectivity index (χ3n) is 4.10. The third-order valence-corrected chi connectivity index (χ3v) is 4.10. The molecule has 0 bridgehead atoms. The topological polar surface area (TPSA) is 66.8 Å². The molecule has 1 atom stereocenters. The van der Waals surface area contributed by atoms with Gasteiger partial charge >= 0.3 is 5.97 Å². The van der Waals surface area contributed by atoms with Gasteiger partial charge in [-0.25, -0.2) is 0 Å². The van der Waals surface area contributed by atoms with Crippen LogP contribution in [0.1, 0.15) is 27.2 Å². The normalized spacial score (nSPS) is 13.6. The first kappa shape index (κ1) is 17.0. The minimum Gasteiger partial charge on any atom is -0.497 e. The number of hydrogen-bond donors (Lipinski definition) is 1. The van der Waals surface area contributed by atoms with Gasteiger partial charge in [0.1, 0.15) is 5.75 Å². The predicted octanol–water partition coefficient (Wildman–Crippen LogP) is 2.80. The van der Waals surface area contributed by atoms with Crippen LogP contribution in [-0.4, -0.2) is 31.1 Å². The number of aliphatic carboxylic acids is 1. The Bertz CT molecular complexity index is 527. The van der Waals surface area contributed by atoms with Crippen LogP contribution in [0.4, 0.5) is 5.69 Å². The van der Waals surface area contributed by atoms with Crippen LogP contribution in [0, 0.1) is 11.3 Å². The van der Waals surface area contributed by atoms with E-state index in [1.807, 2.05) is 13.8 Å². The van der Waals surface area contributed by atoms with Gasteiger partial charge in [-0.3, -0.25) is 9.59 Å². The lowest BCUT2D eigenvalue weighted by atomic mass is 9.76. The SMILES string of the molecule is COc1cccc(N(C)C(=O)CC(C)(C(=O)O)C(C)C)c1. The zero-order chi connectivity index (χ0) is 16.2. The molecule has 1 aromatic rings. The summed E-state index contributed by atoms with van der Waals surface area (Å²) >= 11 is 0. The smallest absolute Gasteiger partial charge is 0.310 e. The third kappa shape index (κ3) is 3.74. The summed E-state index contributed by atoms with van der Waals surface area (Å²) in [6.07, 6.45) is -0.0479. The fourth-order valence-corrected chi connectivity index (χ4v) is 1.92. The molecule has 5 heteroatoms. The van der Waals surface area contributed by atoms with Crippen molar-refractivity contribution in [2.75, 3.05) is 19.1 Å². The molecule has 1 rings (SSSR count). The quantitative estimate of drug-likeness (QED) is 0.875. The van der Waals surface area contributed by atoms with Gasteiger partial charge in [-0.1, -0.05) is 19.9 Å². The van der Waals surface area contributed by atoms with Crippen LogP contribution in [0.5, 0.6) is 5.75 Å². The van der Waals surface area contributed by atoms with Crippen molar-refractivity contribution in [2.24, 2.45) is 11.3 Å². The number of benzene rings is 1. The van der Waals surface area contributed by atoms with Gasteiger partial charge in [-0.2, -0.15) is 0 Å². The average molecular weight is 293 g/mol. The molecule has 1 N–H and O–H groups in total. The summed E-state index contributed by atoms with van der Waals surface area (Å²) in [5, 5.41) is 9.40. The number of amides is 1. The van der Waals surface area contributed by atoms with Gasteiger partial charge in [0, 0.05) is 25.2 Å². The van der Waals surface area contributed by atoms with Crippen molar-refractivity contribution in [3.63, 3.8) is 0 Å². The molecule has 116 valence electrons. The standard InChI is InChI=1S/C16H23NO4/c1-11(2)16(3,15(19)20)10-14(18)17(4)12-7-6-8-13(9-12)21-5/h6-9,11H,10H2,1-5H3,(H,19,20). The van der Waals surface area contributed by atoms with Crippen LogP contribution in [0.2, 0.25) is 0 Å². The first-order chi connectivity index (χ1) is 9.72. The van der Waals surface area contributed by atoms with Crippen molar-refractivity contribution in [3.05, 3.63) is 24.3 Å². The molecule has 0 radical (unpaired) electrons. The molecule has 0 aliphatic rings. The molecular formula is C16H23NO4. The summed E-state index contributed by atoms with van der Waals surface area (Å²) < 4.78 is 5.13. The zero-order valence-electron chi connectivity index (χ0n) is 13.2. The zero-order valence-corrected chi connectivity index (χ0v) is 13.2. The van der Waals surface area contributed by atoms with Crippen LogP contribution in [0.25, 0.3) is 0 Å². The molecule has 1 amide bonds. The predicted molar refractivity (Wildman–Crippen MR) is 81.6 cm³/mol. The van der Waals surface area contributed by atoms with E-state index < -0.39 is 11.4 Å². The molecule has 0 aliphatic heterocycles. The second-order valence-electron chi connectivity index (χ2n) is 5.71. The number of carboxylic acid groups (broad SMARTS) is 1. The lowest BCUT2D eigenvalue weighted by molar-refractivity contribution is -0.153. The van der Waals surface area contributed by atoms with E-state index in [4.69, 9.17) is 4.74 Å². The fraction of sp³-hybridized carbons (Fsp3) is 0.500. The van der Waals surface area contributed by atoms with Crippen LogP contribution >= 0.6 is 0 Å². The fourth-order valence-electron chi connectivity index (χ4n) is 1.92. The van der Waals surface area contributed by atoms with Crippen LogP contribution in [-0.2, 0) is 9.59 Å². The molecule has 0 aromatic heterocycles. The molecule has 5 nitrogen and oxygen atoms in total. The lowest BCUT2D eigenvalue weighted by Gasteiger charge is -2.30. The Morgan fingerprint density at radius 3 is 2.48 bits per heavy atom. The Morgan fingerprint density at radius 2 is 2.00 bits per heavy atom. The highest BCUT2D eigenvalue weighted by molar-refractivity contribution is 5.96. The minimum atomic E-state index is -1.08. The highest BCUT2D eigenvalue weighted by Gasteiger charge is 2.39.